The number of rotatable bonds is 7. The SMILES string of the molecule is COCC1(C(=O)NCCNC(=O)c2c(F)cccc2F)CCNCC1. The summed E-state index contributed by atoms with van der Waals surface area (Å²) in [6, 6.07) is 3.23. The van der Waals surface area contributed by atoms with Crippen LogP contribution in [0.4, 0.5) is 8.78 Å². The quantitative estimate of drug-likeness (QED) is 0.633. The van der Waals surface area contributed by atoms with Gasteiger partial charge < -0.3 is 20.7 Å². The monoisotopic (exact) mass is 355 g/mol. The molecule has 1 aromatic carbocycles. The van der Waals surface area contributed by atoms with Gasteiger partial charge >= 0.3 is 0 Å². The van der Waals surface area contributed by atoms with Crippen molar-refractivity contribution in [2.45, 2.75) is 12.8 Å². The molecule has 2 rings (SSSR count). The molecular weight excluding hydrogens is 332 g/mol. The average Bonchev–Trinajstić information content (AvgIpc) is 2.59. The molecule has 0 bridgehead atoms. The van der Waals surface area contributed by atoms with Gasteiger partial charge in [-0.1, -0.05) is 6.07 Å². The van der Waals surface area contributed by atoms with Gasteiger partial charge in [0.15, 0.2) is 0 Å². The van der Waals surface area contributed by atoms with Crippen LogP contribution in [0, 0.1) is 17.0 Å². The van der Waals surface area contributed by atoms with Crippen molar-refractivity contribution < 1.29 is 23.1 Å². The van der Waals surface area contributed by atoms with Crippen LogP contribution in [0.15, 0.2) is 18.2 Å². The zero-order valence-electron chi connectivity index (χ0n) is 14.2. The summed E-state index contributed by atoms with van der Waals surface area (Å²) < 4.78 is 32.2. The average molecular weight is 355 g/mol. The fourth-order valence-electron chi connectivity index (χ4n) is 2.96. The lowest BCUT2D eigenvalue weighted by Crippen LogP contribution is -2.51. The Bertz CT molecular complexity index is 593. The minimum absolute atomic E-state index is 0.0691. The smallest absolute Gasteiger partial charge is 0.257 e. The summed E-state index contributed by atoms with van der Waals surface area (Å²) in [7, 11) is 1.56. The molecule has 25 heavy (non-hydrogen) atoms. The maximum atomic E-state index is 13.5. The highest BCUT2D eigenvalue weighted by atomic mass is 19.1. The van der Waals surface area contributed by atoms with Gasteiger partial charge in [-0.2, -0.15) is 0 Å². The van der Waals surface area contributed by atoms with Crippen LogP contribution >= 0.6 is 0 Å². The van der Waals surface area contributed by atoms with Gasteiger partial charge in [-0.05, 0) is 38.1 Å². The Morgan fingerprint density at radius 2 is 1.76 bits per heavy atom. The summed E-state index contributed by atoms with van der Waals surface area (Å²) in [5.74, 6) is -2.83. The van der Waals surface area contributed by atoms with E-state index in [2.05, 4.69) is 16.0 Å². The maximum absolute atomic E-state index is 13.5. The van der Waals surface area contributed by atoms with E-state index >= 15 is 0 Å². The number of nitrogens with one attached hydrogen (secondary N) is 3. The topological polar surface area (TPSA) is 79.5 Å². The van der Waals surface area contributed by atoms with Gasteiger partial charge in [0, 0.05) is 20.2 Å². The lowest BCUT2D eigenvalue weighted by Gasteiger charge is -2.35. The number of methoxy groups -OCH3 is 1. The van der Waals surface area contributed by atoms with E-state index in [0.717, 1.165) is 25.2 Å². The number of halogens is 2. The third-order valence-corrected chi connectivity index (χ3v) is 4.35. The Morgan fingerprint density at radius 3 is 2.36 bits per heavy atom. The first-order valence-electron chi connectivity index (χ1n) is 8.20. The van der Waals surface area contributed by atoms with Crippen LogP contribution in [0.25, 0.3) is 0 Å². The van der Waals surface area contributed by atoms with Crippen molar-refractivity contribution in [2.75, 3.05) is 39.9 Å². The third kappa shape index (κ3) is 4.73. The first-order chi connectivity index (χ1) is 12.0. The minimum atomic E-state index is -0.921. The molecule has 1 heterocycles. The number of ether oxygens (including phenoxy) is 1. The van der Waals surface area contributed by atoms with E-state index < -0.39 is 28.5 Å². The van der Waals surface area contributed by atoms with Crippen molar-refractivity contribution in [2.24, 2.45) is 5.41 Å². The molecule has 0 atom stereocenters. The zero-order chi connectivity index (χ0) is 18.3. The second-order valence-electron chi connectivity index (χ2n) is 6.07. The number of hydrogen-bond acceptors (Lipinski definition) is 4. The molecule has 0 aliphatic carbocycles. The highest BCUT2D eigenvalue weighted by Crippen LogP contribution is 2.29. The van der Waals surface area contributed by atoms with E-state index in [-0.39, 0.29) is 19.0 Å². The molecule has 1 fully saturated rings. The molecule has 8 heteroatoms. The summed E-state index contributed by atoms with van der Waals surface area (Å²) in [6.45, 7) is 2.03. The Morgan fingerprint density at radius 1 is 1.16 bits per heavy atom. The van der Waals surface area contributed by atoms with Crippen molar-refractivity contribution in [3.8, 4) is 0 Å². The first-order valence-corrected chi connectivity index (χ1v) is 8.20. The number of amides is 2. The summed E-state index contributed by atoms with van der Waals surface area (Å²) in [6.07, 6.45) is 1.33. The molecule has 0 radical (unpaired) electrons. The van der Waals surface area contributed by atoms with Crippen molar-refractivity contribution in [3.05, 3.63) is 35.4 Å². The van der Waals surface area contributed by atoms with Crippen molar-refractivity contribution >= 4 is 11.8 Å². The first kappa shape index (κ1) is 19.3. The molecule has 0 unspecified atom stereocenters. The van der Waals surface area contributed by atoms with Crippen molar-refractivity contribution in [1.82, 2.24) is 16.0 Å². The molecule has 1 aromatic rings. The highest BCUT2D eigenvalue weighted by Gasteiger charge is 2.39. The van der Waals surface area contributed by atoms with Gasteiger partial charge in [-0.25, -0.2) is 8.78 Å². The third-order valence-electron chi connectivity index (χ3n) is 4.35. The Kier molecular flexibility index (Phi) is 6.83. The summed E-state index contributed by atoms with van der Waals surface area (Å²) >= 11 is 0. The lowest BCUT2D eigenvalue weighted by molar-refractivity contribution is -0.136. The van der Waals surface area contributed by atoms with E-state index in [9.17, 15) is 18.4 Å². The van der Waals surface area contributed by atoms with Gasteiger partial charge in [0.1, 0.15) is 17.2 Å². The summed E-state index contributed by atoms with van der Waals surface area (Å²) in [5, 5.41) is 8.37. The predicted molar refractivity (Wildman–Crippen MR) is 88.1 cm³/mol. The predicted octanol–water partition coefficient (Wildman–Crippen LogP) is 0.827. The van der Waals surface area contributed by atoms with Crippen LogP contribution in [-0.4, -0.2) is 51.7 Å². The molecule has 1 aliphatic rings. The van der Waals surface area contributed by atoms with Crippen LogP contribution < -0.4 is 16.0 Å². The van der Waals surface area contributed by atoms with Crippen molar-refractivity contribution in [3.63, 3.8) is 0 Å². The van der Waals surface area contributed by atoms with Gasteiger partial charge in [0.25, 0.3) is 5.91 Å². The fourth-order valence-corrected chi connectivity index (χ4v) is 2.96. The van der Waals surface area contributed by atoms with E-state index in [1.54, 1.807) is 7.11 Å². The van der Waals surface area contributed by atoms with E-state index in [0.29, 0.717) is 19.4 Å². The Balaban J connectivity index is 1.83. The second kappa shape index (κ2) is 8.87. The van der Waals surface area contributed by atoms with E-state index in [1.807, 2.05) is 0 Å². The number of benzene rings is 1. The summed E-state index contributed by atoms with van der Waals surface area (Å²) in [4.78, 5) is 24.3. The molecule has 0 aromatic heterocycles. The molecule has 1 aliphatic heterocycles. The van der Waals surface area contributed by atoms with Crippen LogP contribution in [0.1, 0.15) is 23.2 Å². The molecule has 0 spiro atoms. The molecule has 0 saturated carbocycles. The molecule has 138 valence electrons. The van der Waals surface area contributed by atoms with Crippen LogP contribution in [0.2, 0.25) is 0 Å². The van der Waals surface area contributed by atoms with Crippen LogP contribution in [0.5, 0.6) is 0 Å². The second-order valence-corrected chi connectivity index (χ2v) is 6.07. The van der Waals surface area contributed by atoms with Gasteiger partial charge in [-0.15, -0.1) is 0 Å². The van der Waals surface area contributed by atoms with Gasteiger partial charge in [0.2, 0.25) is 5.91 Å². The maximum Gasteiger partial charge on any atom is 0.257 e. The molecule has 2 amide bonds. The van der Waals surface area contributed by atoms with Gasteiger partial charge in [0.05, 0.1) is 12.0 Å². The Hall–Kier alpha value is -2.06. The normalized spacial score (nSPS) is 16.3. The Labute approximate surface area is 145 Å². The van der Waals surface area contributed by atoms with Crippen molar-refractivity contribution in [1.29, 1.82) is 0 Å². The molecular formula is C17H23F2N3O3. The number of piperidine rings is 1. The molecule has 3 N–H and O–H groups in total. The zero-order valence-corrected chi connectivity index (χ0v) is 14.2. The summed E-state index contributed by atoms with van der Waals surface area (Å²) in [5.41, 5.74) is -1.20. The largest absolute Gasteiger partial charge is 0.384 e. The van der Waals surface area contributed by atoms with E-state index in [1.165, 1.54) is 6.07 Å². The lowest BCUT2D eigenvalue weighted by atomic mass is 9.78. The van der Waals surface area contributed by atoms with Crippen LogP contribution in [-0.2, 0) is 9.53 Å². The number of hydrogen-bond donors (Lipinski definition) is 3. The highest BCUT2D eigenvalue weighted by molar-refractivity contribution is 5.94. The minimum Gasteiger partial charge on any atom is -0.384 e. The van der Waals surface area contributed by atoms with Gasteiger partial charge in [-0.3, -0.25) is 9.59 Å². The van der Waals surface area contributed by atoms with E-state index in [4.69, 9.17) is 4.74 Å². The standard InChI is InChI=1S/C17H23F2N3O3/c1-25-11-17(5-7-20-8-6-17)16(24)22-10-9-21-15(23)14-12(18)3-2-4-13(14)19/h2-4,20H,5-11H2,1H3,(H,21,23)(H,22,24). The molecule has 1 saturated heterocycles. The number of carbonyl (C=O) groups is 2. The number of carbonyl (C=O) groups excluding carboxylic acids is 2. The van der Waals surface area contributed by atoms with Crippen LogP contribution in [0.3, 0.4) is 0 Å². The molecule has 6 nitrogen and oxygen atoms in total. The fraction of sp³-hybridized carbons (Fsp3) is 0.529.